The highest BCUT2D eigenvalue weighted by Gasteiger charge is 2.28. The van der Waals surface area contributed by atoms with Gasteiger partial charge in [-0.15, -0.1) is 0 Å². The van der Waals surface area contributed by atoms with Gasteiger partial charge in [0.25, 0.3) is 11.5 Å². The van der Waals surface area contributed by atoms with Crippen molar-refractivity contribution in [2.75, 3.05) is 43.4 Å². The maximum Gasteiger partial charge on any atom is 0.265 e. The van der Waals surface area contributed by atoms with Gasteiger partial charge in [-0.25, -0.2) is 18.4 Å². The number of fused-ring (bicyclic) bond motifs is 1. The molecule has 12 heteroatoms. The van der Waals surface area contributed by atoms with Crippen molar-refractivity contribution in [1.82, 2.24) is 24.2 Å². The van der Waals surface area contributed by atoms with Gasteiger partial charge in [0.1, 0.15) is 23.3 Å². The monoisotopic (exact) mass is 460 g/mol. The molecule has 4 rings (SSSR count). The minimum absolute atomic E-state index is 0.0779. The summed E-state index contributed by atoms with van der Waals surface area (Å²) in [5, 5.41) is 2.68. The van der Waals surface area contributed by atoms with Crippen molar-refractivity contribution in [1.29, 1.82) is 0 Å². The smallest absolute Gasteiger partial charge is 0.265 e. The number of pyridine rings is 1. The summed E-state index contributed by atoms with van der Waals surface area (Å²) in [6.07, 6.45) is 3.02. The summed E-state index contributed by atoms with van der Waals surface area (Å²) in [5.74, 6) is 0.261. The molecular weight excluding hydrogens is 436 g/mol. The number of carbonyl (C=O) groups is 1. The van der Waals surface area contributed by atoms with E-state index < -0.39 is 21.5 Å². The van der Waals surface area contributed by atoms with Crippen LogP contribution in [0.5, 0.6) is 0 Å². The lowest BCUT2D eigenvalue weighted by molar-refractivity contribution is 0.0956. The number of aryl methyl sites for hydroxylation is 2. The van der Waals surface area contributed by atoms with Gasteiger partial charge in [-0.2, -0.15) is 4.31 Å². The molecule has 1 amide bonds. The van der Waals surface area contributed by atoms with E-state index in [4.69, 9.17) is 4.42 Å². The number of hydrogen-bond donors (Lipinski definition) is 1. The number of nitrogens with one attached hydrogen (secondary N) is 1. The minimum Gasteiger partial charge on any atom is -0.442 e. The van der Waals surface area contributed by atoms with Crippen LogP contribution in [0, 0.1) is 6.92 Å². The van der Waals surface area contributed by atoms with E-state index in [1.54, 1.807) is 13.1 Å². The van der Waals surface area contributed by atoms with Crippen molar-refractivity contribution in [2.24, 2.45) is 7.05 Å². The Morgan fingerprint density at radius 3 is 2.62 bits per heavy atom. The second-order valence-corrected chi connectivity index (χ2v) is 9.61. The van der Waals surface area contributed by atoms with Crippen LogP contribution in [0.2, 0.25) is 0 Å². The Balaban J connectivity index is 1.37. The molecule has 1 saturated heterocycles. The van der Waals surface area contributed by atoms with Crippen molar-refractivity contribution in [3.63, 3.8) is 0 Å². The number of rotatable bonds is 6. The predicted octanol–water partition coefficient (Wildman–Crippen LogP) is 0.112. The Kier molecular flexibility index (Phi) is 5.98. The molecule has 0 radical (unpaired) electrons. The quantitative estimate of drug-likeness (QED) is 0.549. The molecule has 1 aliphatic rings. The van der Waals surface area contributed by atoms with Crippen molar-refractivity contribution in [3.05, 3.63) is 52.4 Å². The molecule has 11 nitrogen and oxygen atoms in total. The number of amides is 1. The van der Waals surface area contributed by atoms with Crippen LogP contribution in [0.3, 0.4) is 0 Å². The Hall–Kier alpha value is -3.25. The van der Waals surface area contributed by atoms with E-state index in [9.17, 15) is 18.0 Å². The summed E-state index contributed by atoms with van der Waals surface area (Å²) in [6, 6.07) is 5.62. The topological polar surface area (TPSA) is 131 Å². The molecule has 32 heavy (non-hydrogen) atoms. The van der Waals surface area contributed by atoms with Crippen LogP contribution in [0.4, 0.5) is 5.82 Å². The molecule has 1 fully saturated rings. The highest BCUT2D eigenvalue weighted by Crippen LogP contribution is 2.20. The highest BCUT2D eigenvalue weighted by atomic mass is 32.2. The van der Waals surface area contributed by atoms with Gasteiger partial charge in [0.05, 0.1) is 11.3 Å². The van der Waals surface area contributed by atoms with Crippen molar-refractivity contribution in [3.8, 4) is 0 Å². The average molecular weight is 461 g/mol. The van der Waals surface area contributed by atoms with Crippen molar-refractivity contribution < 1.29 is 17.6 Å². The maximum absolute atomic E-state index is 12.7. The summed E-state index contributed by atoms with van der Waals surface area (Å²) in [6.45, 7) is 3.25. The van der Waals surface area contributed by atoms with Gasteiger partial charge in [0, 0.05) is 46.0 Å². The van der Waals surface area contributed by atoms with E-state index in [2.05, 4.69) is 15.3 Å². The van der Waals surface area contributed by atoms with E-state index in [-0.39, 0.29) is 34.7 Å². The average Bonchev–Trinajstić information content (AvgIpc) is 3.13. The largest absolute Gasteiger partial charge is 0.442 e. The first-order valence-electron chi connectivity index (χ1n) is 10.1. The summed E-state index contributed by atoms with van der Waals surface area (Å²) in [7, 11) is -2.02. The summed E-state index contributed by atoms with van der Waals surface area (Å²) < 4.78 is 33.6. The molecule has 170 valence electrons. The zero-order chi connectivity index (χ0) is 22.9. The van der Waals surface area contributed by atoms with Crippen LogP contribution in [-0.2, 0) is 17.1 Å². The SMILES string of the molecule is Cc1oc2ncn(C)c(=O)c2c1C(=O)NCCS(=O)(=O)N1CCN(c2ccccn2)CC1. The summed E-state index contributed by atoms with van der Waals surface area (Å²) >= 11 is 0. The van der Waals surface area contributed by atoms with Gasteiger partial charge in [-0.1, -0.05) is 6.07 Å². The molecule has 1 N–H and O–H groups in total. The molecular formula is C20H24N6O5S. The molecule has 3 aromatic rings. The van der Waals surface area contributed by atoms with Gasteiger partial charge in [-0.05, 0) is 19.1 Å². The van der Waals surface area contributed by atoms with Crippen LogP contribution < -0.4 is 15.8 Å². The summed E-state index contributed by atoms with van der Waals surface area (Å²) in [5.41, 5.74) is -0.250. The Labute approximate surface area is 184 Å². The molecule has 0 unspecified atom stereocenters. The second kappa shape index (κ2) is 8.71. The highest BCUT2D eigenvalue weighted by molar-refractivity contribution is 7.89. The molecule has 4 heterocycles. The van der Waals surface area contributed by atoms with Gasteiger partial charge in [0.2, 0.25) is 15.7 Å². The van der Waals surface area contributed by atoms with Crippen molar-refractivity contribution in [2.45, 2.75) is 6.92 Å². The summed E-state index contributed by atoms with van der Waals surface area (Å²) in [4.78, 5) is 35.5. The molecule has 1 aliphatic heterocycles. The van der Waals surface area contributed by atoms with E-state index >= 15 is 0 Å². The zero-order valence-electron chi connectivity index (χ0n) is 17.8. The Bertz CT molecular complexity index is 1290. The standard InChI is InChI=1S/C20H24N6O5S/c1-14-16(17-19(31-14)23-13-24(2)20(17)28)18(27)22-7-12-32(29,30)26-10-8-25(9-11-26)15-5-3-4-6-21-15/h3-6,13H,7-12H2,1-2H3,(H,22,27). The minimum atomic E-state index is -3.55. The van der Waals surface area contributed by atoms with Crippen molar-refractivity contribution >= 4 is 32.8 Å². The van der Waals surface area contributed by atoms with Crippen LogP contribution in [0.1, 0.15) is 16.1 Å². The van der Waals surface area contributed by atoms with E-state index in [0.717, 1.165) is 5.82 Å². The Morgan fingerprint density at radius 2 is 1.94 bits per heavy atom. The van der Waals surface area contributed by atoms with E-state index in [1.807, 2.05) is 23.1 Å². The molecule has 0 spiro atoms. The fourth-order valence-electron chi connectivity index (χ4n) is 3.71. The number of sulfonamides is 1. The number of aromatic nitrogens is 3. The number of anilines is 1. The third-order valence-electron chi connectivity index (χ3n) is 5.43. The number of hydrogen-bond acceptors (Lipinski definition) is 8. The molecule has 0 saturated carbocycles. The first-order chi connectivity index (χ1) is 15.3. The lowest BCUT2D eigenvalue weighted by Gasteiger charge is -2.34. The Morgan fingerprint density at radius 1 is 1.19 bits per heavy atom. The number of carbonyl (C=O) groups excluding carboxylic acids is 1. The molecule has 0 atom stereocenters. The lowest BCUT2D eigenvalue weighted by Crippen LogP contribution is -2.50. The van der Waals surface area contributed by atoms with Gasteiger partial charge in [0.15, 0.2) is 0 Å². The van der Waals surface area contributed by atoms with Crippen LogP contribution >= 0.6 is 0 Å². The number of nitrogens with zero attached hydrogens (tertiary/aromatic N) is 5. The van der Waals surface area contributed by atoms with E-state index in [1.165, 1.54) is 22.2 Å². The van der Waals surface area contributed by atoms with E-state index in [0.29, 0.717) is 26.2 Å². The zero-order valence-corrected chi connectivity index (χ0v) is 18.6. The normalized spacial score (nSPS) is 15.2. The molecule has 3 aromatic heterocycles. The molecule has 0 bridgehead atoms. The first-order valence-corrected chi connectivity index (χ1v) is 11.8. The lowest BCUT2D eigenvalue weighted by atomic mass is 10.2. The van der Waals surface area contributed by atoms with Gasteiger partial charge in [-0.3, -0.25) is 9.59 Å². The van der Waals surface area contributed by atoms with Crippen LogP contribution in [0.15, 0.2) is 39.9 Å². The fourth-order valence-corrected chi connectivity index (χ4v) is 5.05. The fraction of sp³-hybridized carbons (Fsp3) is 0.400. The first kappa shape index (κ1) is 22.0. The maximum atomic E-state index is 12.7. The van der Waals surface area contributed by atoms with Crippen LogP contribution in [0.25, 0.3) is 11.1 Å². The number of furan rings is 1. The van der Waals surface area contributed by atoms with Gasteiger partial charge < -0.3 is 19.2 Å². The molecule has 0 aliphatic carbocycles. The third-order valence-corrected chi connectivity index (χ3v) is 7.30. The number of piperazine rings is 1. The third kappa shape index (κ3) is 4.23. The predicted molar refractivity (Wildman–Crippen MR) is 118 cm³/mol. The van der Waals surface area contributed by atoms with Gasteiger partial charge >= 0.3 is 0 Å². The second-order valence-electron chi connectivity index (χ2n) is 7.52. The van der Waals surface area contributed by atoms with Crippen LogP contribution in [-0.4, -0.2) is 71.6 Å². The molecule has 0 aromatic carbocycles.